The Morgan fingerprint density at radius 2 is 1.79 bits per heavy atom. The number of rotatable bonds is 5. The number of hydrogen-bond acceptors (Lipinski definition) is 5. The fourth-order valence-corrected chi connectivity index (χ4v) is 3.96. The summed E-state index contributed by atoms with van der Waals surface area (Å²) in [5, 5.41) is 4.85. The Morgan fingerprint density at radius 3 is 2.43 bits per heavy atom. The Hall–Kier alpha value is -2.90. The standard InChI is InChI=1S/C21H21N3O3S/c25-20(19-4-1-13-27-19)22-17-7-5-16(6-8-17)21(26)24-11-9-23(10-12-24)15-18-3-2-14-28-18/h1-8,13-14H,9-12,15H2,(H,22,25). The first-order valence-electron chi connectivity index (χ1n) is 9.18. The van der Waals surface area contributed by atoms with E-state index in [9.17, 15) is 9.59 Å². The number of anilines is 1. The molecule has 6 nitrogen and oxygen atoms in total. The summed E-state index contributed by atoms with van der Waals surface area (Å²) in [7, 11) is 0. The van der Waals surface area contributed by atoms with E-state index in [4.69, 9.17) is 4.42 Å². The van der Waals surface area contributed by atoms with Gasteiger partial charge >= 0.3 is 0 Å². The Bertz CT molecular complexity index is 912. The zero-order chi connectivity index (χ0) is 19.3. The number of nitrogens with one attached hydrogen (secondary N) is 1. The maximum Gasteiger partial charge on any atom is 0.291 e. The molecule has 7 heteroatoms. The maximum atomic E-state index is 12.8. The van der Waals surface area contributed by atoms with E-state index in [1.807, 2.05) is 4.90 Å². The van der Waals surface area contributed by atoms with Crippen LogP contribution >= 0.6 is 11.3 Å². The molecule has 1 aliphatic rings. The average molecular weight is 395 g/mol. The molecular formula is C21H21N3O3S. The fourth-order valence-electron chi connectivity index (χ4n) is 3.21. The van der Waals surface area contributed by atoms with Crippen molar-refractivity contribution in [1.29, 1.82) is 0 Å². The van der Waals surface area contributed by atoms with E-state index < -0.39 is 0 Å². The zero-order valence-corrected chi connectivity index (χ0v) is 16.2. The molecule has 3 heterocycles. The molecule has 1 saturated heterocycles. The second-order valence-electron chi connectivity index (χ2n) is 6.66. The van der Waals surface area contributed by atoms with Crippen LogP contribution in [0, 0.1) is 0 Å². The lowest BCUT2D eigenvalue weighted by molar-refractivity contribution is 0.0629. The number of benzene rings is 1. The van der Waals surface area contributed by atoms with Crippen molar-refractivity contribution in [2.45, 2.75) is 6.54 Å². The van der Waals surface area contributed by atoms with Crippen molar-refractivity contribution < 1.29 is 14.0 Å². The third-order valence-electron chi connectivity index (χ3n) is 4.75. The van der Waals surface area contributed by atoms with E-state index in [2.05, 4.69) is 27.7 Å². The summed E-state index contributed by atoms with van der Waals surface area (Å²) in [6, 6.07) is 14.5. The topological polar surface area (TPSA) is 65.8 Å². The number of nitrogens with zero attached hydrogens (tertiary/aromatic N) is 2. The molecule has 2 aromatic heterocycles. The van der Waals surface area contributed by atoms with Crippen LogP contribution in [0.5, 0.6) is 0 Å². The average Bonchev–Trinajstić information content (AvgIpc) is 3.43. The highest BCUT2D eigenvalue weighted by molar-refractivity contribution is 7.09. The summed E-state index contributed by atoms with van der Waals surface area (Å²) in [6.07, 6.45) is 1.46. The Kier molecular flexibility index (Phi) is 5.55. The molecule has 0 atom stereocenters. The van der Waals surface area contributed by atoms with Gasteiger partial charge in [0.2, 0.25) is 0 Å². The van der Waals surface area contributed by atoms with Crippen LogP contribution in [0.3, 0.4) is 0 Å². The summed E-state index contributed by atoms with van der Waals surface area (Å²) in [5.74, 6) is -0.0359. The van der Waals surface area contributed by atoms with E-state index in [-0.39, 0.29) is 17.6 Å². The normalized spacial score (nSPS) is 14.8. The minimum absolute atomic E-state index is 0.0275. The summed E-state index contributed by atoms with van der Waals surface area (Å²) >= 11 is 1.77. The molecule has 3 aromatic rings. The molecule has 1 aromatic carbocycles. The van der Waals surface area contributed by atoms with Crippen LogP contribution in [-0.4, -0.2) is 47.8 Å². The molecule has 1 fully saturated rings. The van der Waals surface area contributed by atoms with Crippen LogP contribution < -0.4 is 5.32 Å². The molecule has 4 rings (SSSR count). The van der Waals surface area contributed by atoms with Gasteiger partial charge in [-0.3, -0.25) is 14.5 Å². The van der Waals surface area contributed by atoms with Gasteiger partial charge in [0.25, 0.3) is 11.8 Å². The molecule has 0 aliphatic carbocycles. The summed E-state index contributed by atoms with van der Waals surface area (Å²) in [4.78, 5) is 30.4. The van der Waals surface area contributed by atoms with Gasteiger partial charge in [-0.05, 0) is 47.8 Å². The van der Waals surface area contributed by atoms with Gasteiger partial charge in [0.15, 0.2) is 5.76 Å². The van der Waals surface area contributed by atoms with Gasteiger partial charge in [0.1, 0.15) is 0 Å². The number of hydrogen-bond donors (Lipinski definition) is 1. The van der Waals surface area contributed by atoms with Crippen molar-refractivity contribution in [1.82, 2.24) is 9.80 Å². The van der Waals surface area contributed by atoms with Gasteiger partial charge in [0, 0.05) is 48.9 Å². The molecule has 0 unspecified atom stereocenters. The van der Waals surface area contributed by atoms with Crippen molar-refractivity contribution in [2.75, 3.05) is 31.5 Å². The van der Waals surface area contributed by atoms with E-state index in [0.717, 1.165) is 32.7 Å². The molecule has 2 amide bonds. The lowest BCUT2D eigenvalue weighted by Crippen LogP contribution is -2.48. The zero-order valence-electron chi connectivity index (χ0n) is 15.3. The second kappa shape index (κ2) is 8.41. The van der Waals surface area contributed by atoms with Gasteiger partial charge < -0.3 is 14.6 Å². The smallest absolute Gasteiger partial charge is 0.291 e. The van der Waals surface area contributed by atoms with Crippen LogP contribution in [0.15, 0.2) is 64.6 Å². The van der Waals surface area contributed by atoms with E-state index in [1.54, 1.807) is 47.7 Å². The van der Waals surface area contributed by atoms with Gasteiger partial charge in [-0.1, -0.05) is 6.07 Å². The van der Waals surface area contributed by atoms with E-state index in [1.165, 1.54) is 11.1 Å². The van der Waals surface area contributed by atoms with E-state index in [0.29, 0.717) is 11.3 Å². The van der Waals surface area contributed by atoms with E-state index >= 15 is 0 Å². The van der Waals surface area contributed by atoms with Gasteiger partial charge in [-0.25, -0.2) is 0 Å². The number of amides is 2. The second-order valence-corrected chi connectivity index (χ2v) is 7.69. The maximum absolute atomic E-state index is 12.8. The fraction of sp³-hybridized carbons (Fsp3) is 0.238. The Balaban J connectivity index is 1.30. The van der Waals surface area contributed by atoms with Crippen LogP contribution in [-0.2, 0) is 6.54 Å². The monoisotopic (exact) mass is 395 g/mol. The van der Waals surface area contributed by atoms with Crippen molar-refractivity contribution in [2.24, 2.45) is 0 Å². The number of piperazine rings is 1. The molecule has 1 N–H and O–H groups in total. The minimum Gasteiger partial charge on any atom is -0.459 e. The highest BCUT2D eigenvalue weighted by Gasteiger charge is 2.22. The largest absolute Gasteiger partial charge is 0.459 e. The molecule has 1 aliphatic heterocycles. The SMILES string of the molecule is O=C(Nc1ccc(C(=O)N2CCN(Cc3cccs3)CC2)cc1)c1ccco1. The molecule has 0 saturated carbocycles. The summed E-state index contributed by atoms with van der Waals surface area (Å²) < 4.78 is 5.07. The Labute approximate surface area is 167 Å². The molecule has 28 heavy (non-hydrogen) atoms. The molecule has 0 spiro atoms. The predicted octanol–water partition coefficient (Wildman–Crippen LogP) is 3.55. The van der Waals surface area contributed by atoms with Crippen LogP contribution in [0.25, 0.3) is 0 Å². The third kappa shape index (κ3) is 4.32. The predicted molar refractivity (Wildman–Crippen MR) is 109 cm³/mol. The highest BCUT2D eigenvalue weighted by Crippen LogP contribution is 2.16. The summed E-state index contributed by atoms with van der Waals surface area (Å²) in [6.45, 7) is 4.15. The van der Waals surface area contributed by atoms with Crippen LogP contribution in [0.4, 0.5) is 5.69 Å². The highest BCUT2D eigenvalue weighted by atomic mass is 32.1. The molecule has 0 radical (unpaired) electrons. The van der Waals surface area contributed by atoms with Crippen molar-refractivity contribution >= 4 is 28.8 Å². The molecule has 0 bridgehead atoms. The first-order valence-corrected chi connectivity index (χ1v) is 10.1. The third-order valence-corrected chi connectivity index (χ3v) is 5.61. The van der Waals surface area contributed by atoms with Crippen molar-refractivity contribution in [3.05, 3.63) is 76.4 Å². The number of furan rings is 1. The van der Waals surface area contributed by atoms with Gasteiger partial charge in [0.05, 0.1) is 6.26 Å². The minimum atomic E-state index is -0.314. The van der Waals surface area contributed by atoms with Crippen molar-refractivity contribution in [3.63, 3.8) is 0 Å². The lowest BCUT2D eigenvalue weighted by Gasteiger charge is -2.34. The molecule has 144 valence electrons. The quantitative estimate of drug-likeness (QED) is 0.718. The first kappa shape index (κ1) is 18.5. The number of carbonyl (C=O) groups is 2. The number of carbonyl (C=O) groups excluding carboxylic acids is 2. The first-order chi connectivity index (χ1) is 13.7. The Morgan fingerprint density at radius 1 is 1.00 bits per heavy atom. The lowest BCUT2D eigenvalue weighted by atomic mass is 10.1. The van der Waals surface area contributed by atoms with Gasteiger partial charge in [-0.15, -0.1) is 11.3 Å². The van der Waals surface area contributed by atoms with Crippen LogP contribution in [0.2, 0.25) is 0 Å². The molecular weight excluding hydrogens is 374 g/mol. The van der Waals surface area contributed by atoms with Crippen molar-refractivity contribution in [3.8, 4) is 0 Å². The van der Waals surface area contributed by atoms with Crippen LogP contribution in [0.1, 0.15) is 25.8 Å². The number of thiophene rings is 1. The van der Waals surface area contributed by atoms with Gasteiger partial charge in [-0.2, -0.15) is 0 Å². The summed E-state index contributed by atoms with van der Waals surface area (Å²) in [5.41, 5.74) is 1.25.